The molecule has 6 heteroatoms. The van der Waals surface area contributed by atoms with E-state index < -0.39 is 5.60 Å². The zero-order valence-corrected chi connectivity index (χ0v) is 17.2. The van der Waals surface area contributed by atoms with Crippen LogP contribution in [-0.4, -0.2) is 65.5 Å². The molecule has 0 radical (unpaired) electrons. The first-order chi connectivity index (χ1) is 12.1. The van der Waals surface area contributed by atoms with Crippen molar-refractivity contribution in [2.45, 2.75) is 31.3 Å². The third-order valence-electron chi connectivity index (χ3n) is 5.71. The molecule has 1 unspecified atom stereocenters. The van der Waals surface area contributed by atoms with E-state index >= 15 is 0 Å². The standard InChI is InChI=1S/C20H30N2O2S.ClH/c1-21-11-13-22(14-12-21)15-16-25-19(23)20(24,18-9-5-6-10-18)17-7-3-2-4-8-17;/h2-4,7-8,18,24H,5-6,9-16H2,1H3;1H. The number of carbonyl (C=O) groups excluding carboxylic acids is 1. The topological polar surface area (TPSA) is 43.8 Å². The van der Waals surface area contributed by atoms with Gasteiger partial charge in [-0.25, -0.2) is 0 Å². The van der Waals surface area contributed by atoms with Crippen LogP contribution in [-0.2, 0) is 10.4 Å². The van der Waals surface area contributed by atoms with Gasteiger partial charge in [0.1, 0.15) is 0 Å². The van der Waals surface area contributed by atoms with Crippen LogP contribution in [0, 0.1) is 5.92 Å². The predicted molar refractivity (Wildman–Crippen MR) is 111 cm³/mol. The summed E-state index contributed by atoms with van der Waals surface area (Å²) in [7, 11) is 2.15. The van der Waals surface area contributed by atoms with Crippen molar-refractivity contribution in [3.8, 4) is 0 Å². The zero-order valence-electron chi connectivity index (χ0n) is 15.6. The van der Waals surface area contributed by atoms with Gasteiger partial charge >= 0.3 is 0 Å². The quantitative estimate of drug-likeness (QED) is 0.797. The van der Waals surface area contributed by atoms with Crippen molar-refractivity contribution in [3.63, 3.8) is 0 Å². The first kappa shape index (κ1) is 21.7. The average Bonchev–Trinajstić information content (AvgIpc) is 3.18. The molecule has 4 nitrogen and oxygen atoms in total. The molecule has 0 spiro atoms. The van der Waals surface area contributed by atoms with Crippen molar-refractivity contribution < 1.29 is 9.90 Å². The van der Waals surface area contributed by atoms with Gasteiger partial charge < -0.3 is 10.0 Å². The number of hydrogen-bond donors (Lipinski definition) is 1. The van der Waals surface area contributed by atoms with Crippen LogP contribution in [0.4, 0.5) is 0 Å². The van der Waals surface area contributed by atoms with E-state index in [1.54, 1.807) is 0 Å². The first-order valence-electron chi connectivity index (χ1n) is 9.46. The molecule has 1 saturated carbocycles. The van der Waals surface area contributed by atoms with Crippen molar-refractivity contribution in [1.29, 1.82) is 0 Å². The Kier molecular flexibility index (Phi) is 8.42. The average molecular weight is 399 g/mol. The van der Waals surface area contributed by atoms with Crippen LogP contribution in [0.3, 0.4) is 0 Å². The van der Waals surface area contributed by atoms with Crippen molar-refractivity contribution >= 4 is 29.3 Å². The Hall–Kier alpha value is -0.590. The van der Waals surface area contributed by atoms with Crippen LogP contribution in [0.2, 0.25) is 0 Å². The number of piperazine rings is 1. The number of aliphatic hydroxyl groups is 1. The van der Waals surface area contributed by atoms with E-state index in [1.807, 2.05) is 30.3 Å². The number of nitrogens with zero attached hydrogens (tertiary/aromatic N) is 2. The summed E-state index contributed by atoms with van der Waals surface area (Å²) in [5.41, 5.74) is -0.566. The van der Waals surface area contributed by atoms with Gasteiger partial charge in [0.15, 0.2) is 5.60 Å². The fraction of sp³-hybridized carbons (Fsp3) is 0.650. The van der Waals surface area contributed by atoms with Crippen LogP contribution in [0.5, 0.6) is 0 Å². The molecule has 1 aliphatic carbocycles. The van der Waals surface area contributed by atoms with E-state index in [9.17, 15) is 9.90 Å². The van der Waals surface area contributed by atoms with Crippen molar-refractivity contribution in [2.75, 3.05) is 45.5 Å². The van der Waals surface area contributed by atoms with Gasteiger partial charge in [0.05, 0.1) is 0 Å². The molecule has 2 fully saturated rings. The number of halogens is 1. The highest BCUT2D eigenvalue weighted by molar-refractivity contribution is 8.13. The minimum Gasteiger partial charge on any atom is -0.376 e. The van der Waals surface area contributed by atoms with E-state index in [-0.39, 0.29) is 23.4 Å². The van der Waals surface area contributed by atoms with Gasteiger partial charge in [0, 0.05) is 38.5 Å². The molecule has 26 heavy (non-hydrogen) atoms. The highest BCUT2D eigenvalue weighted by Gasteiger charge is 2.46. The largest absolute Gasteiger partial charge is 0.376 e. The maximum atomic E-state index is 13.0. The summed E-state index contributed by atoms with van der Waals surface area (Å²) in [6, 6.07) is 9.56. The highest BCUT2D eigenvalue weighted by atomic mass is 35.5. The fourth-order valence-electron chi connectivity index (χ4n) is 4.00. The maximum Gasteiger partial charge on any atom is 0.225 e. The molecule has 1 saturated heterocycles. The third-order valence-corrected chi connectivity index (χ3v) is 6.67. The van der Waals surface area contributed by atoms with Crippen LogP contribution in [0.15, 0.2) is 30.3 Å². The Balaban J connectivity index is 0.00000243. The fourth-order valence-corrected chi connectivity index (χ4v) is 5.04. The molecule has 1 heterocycles. The van der Waals surface area contributed by atoms with Gasteiger partial charge in [-0.1, -0.05) is 54.9 Å². The van der Waals surface area contributed by atoms with Crippen molar-refractivity contribution in [1.82, 2.24) is 9.80 Å². The number of thioether (sulfide) groups is 1. The van der Waals surface area contributed by atoms with E-state index in [0.29, 0.717) is 0 Å². The van der Waals surface area contributed by atoms with Gasteiger partial charge in [0.25, 0.3) is 0 Å². The molecule has 0 amide bonds. The maximum absolute atomic E-state index is 13.0. The summed E-state index contributed by atoms with van der Waals surface area (Å²) in [5.74, 6) is 0.809. The molecule has 146 valence electrons. The number of rotatable bonds is 6. The summed E-state index contributed by atoms with van der Waals surface area (Å²) in [6.45, 7) is 5.23. The second kappa shape index (κ2) is 10.1. The summed E-state index contributed by atoms with van der Waals surface area (Å²) < 4.78 is 0. The predicted octanol–water partition coefficient (Wildman–Crippen LogP) is 2.99. The molecule has 1 aromatic carbocycles. The Morgan fingerprint density at radius 2 is 1.77 bits per heavy atom. The lowest BCUT2D eigenvalue weighted by Gasteiger charge is -2.34. The van der Waals surface area contributed by atoms with Crippen LogP contribution in [0.25, 0.3) is 0 Å². The van der Waals surface area contributed by atoms with Gasteiger partial charge in [-0.05, 0) is 31.4 Å². The van der Waals surface area contributed by atoms with E-state index in [0.717, 1.165) is 69.7 Å². The minimum absolute atomic E-state index is 0. The molecule has 1 N–H and O–H groups in total. The summed E-state index contributed by atoms with van der Waals surface area (Å²) in [4.78, 5) is 17.8. The SMILES string of the molecule is CN1CCN(CCSC(=O)C(O)(c2ccccc2)C2CCCC2)CC1.Cl. The molecule has 0 aromatic heterocycles. The van der Waals surface area contributed by atoms with E-state index in [1.165, 1.54) is 11.8 Å². The van der Waals surface area contributed by atoms with Crippen LogP contribution in [0.1, 0.15) is 31.2 Å². The van der Waals surface area contributed by atoms with Gasteiger partial charge in [-0.2, -0.15) is 0 Å². The van der Waals surface area contributed by atoms with Gasteiger partial charge in [-0.15, -0.1) is 12.4 Å². The normalized spacial score (nSPS) is 21.9. The van der Waals surface area contributed by atoms with Crippen molar-refractivity contribution in [3.05, 3.63) is 35.9 Å². The van der Waals surface area contributed by atoms with E-state index in [4.69, 9.17) is 0 Å². The third kappa shape index (κ3) is 5.02. The molecule has 1 aromatic rings. The van der Waals surface area contributed by atoms with Crippen LogP contribution >= 0.6 is 24.2 Å². The second-order valence-corrected chi connectivity index (χ2v) is 8.46. The lowest BCUT2D eigenvalue weighted by atomic mass is 9.81. The Labute approximate surface area is 167 Å². The second-order valence-electron chi connectivity index (χ2n) is 7.39. The molecule has 1 atom stereocenters. The lowest BCUT2D eigenvalue weighted by Crippen LogP contribution is -2.45. The molecule has 2 aliphatic rings. The molecular weight excluding hydrogens is 368 g/mol. The molecular formula is C20H31ClN2O2S. The Bertz CT molecular complexity index is 560. The monoisotopic (exact) mass is 398 g/mol. The number of carbonyl (C=O) groups is 1. The van der Waals surface area contributed by atoms with Gasteiger partial charge in [0.2, 0.25) is 5.12 Å². The van der Waals surface area contributed by atoms with Crippen LogP contribution < -0.4 is 0 Å². The lowest BCUT2D eigenvalue weighted by molar-refractivity contribution is -0.134. The molecule has 3 rings (SSSR count). The number of benzene rings is 1. The highest BCUT2D eigenvalue weighted by Crippen LogP contribution is 2.43. The minimum atomic E-state index is -1.33. The smallest absolute Gasteiger partial charge is 0.225 e. The number of hydrogen-bond acceptors (Lipinski definition) is 5. The first-order valence-corrected chi connectivity index (χ1v) is 10.5. The Morgan fingerprint density at radius 1 is 1.15 bits per heavy atom. The van der Waals surface area contributed by atoms with E-state index in [2.05, 4.69) is 16.8 Å². The molecule has 0 bridgehead atoms. The van der Waals surface area contributed by atoms with Gasteiger partial charge in [-0.3, -0.25) is 9.69 Å². The van der Waals surface area contributed by atoms with Crippen molar-refractivity contribution in [2.24, 2.45) is 5.92 Å². The zero-order chi connectivity index (χ0) is 17.7. The number of likely N-dealkylation sites (N-methyl/N-ethyl adjacent to an activating group) is 1. The summed E-state index contributed by atoms with van der Waals surface area (Å²) >= 11 is 1.32. The molecule has 1 aliphatic heterocycles. The Morgan fingerprint density at radius 3 is 2.38 bits per heavy atom. The summed E-state index contributed by atoms with van der Waals surface area (Å²) in [6.07, 6.45) is 4.10. The summed E-state index contributed by atoms with van der Waals surface area (Å²) in [5, 5.41) is 11.4.